The highest BCUT2D eigenvalue weighted by Crippen LogP contribution is 2.17. The Kier molecular flexibility index (Phi) is 6.56. The fraction of sp³-hybridized carbons (Fsp3) is 0.812. The van der Waals surface area contributed by atoms with Gasteiger partial charge < -0.3 is 5.32 Å². The largest absolute Gasteiger partial charge is 0.316 e. The molecule has 0 aliphatic rings. The lowest BCUT2D eigenvalue weighted by Crippen LogP contribution is -2.29. The summed E-state index contributed by atoms with van der Waals surface area (Å²) in [5.41, 5.74) is 2.51. The molecule has 2 unspecified atom stereocenters. The fourth-order valence-corrected chi connectivity index (χ4v) is 2.37. The zero-order valence-electron chi connectivity index (χ0n) is 13.5. The molecule has 3 nitrogen and oxygen atoms in total. The summed E-state index contributed by atoms with van der Waals surface area (Å²) >= 11 is 0. The van der Waals surface area contributed by atoms with Crippen LogP contribution in [0.2, 0.25) is 0 Å². The second-order valence-corrected chi connectivity index (χ2v) is 6.30. The predicted molar refractivity (Wildman–Crippen MR) is 82.4 cm³/mol. The van der Waals surface area contributed by atoms with Crippen molar-refractivity contribution in [2.24, 2.45) is 17.8 Å². The number of nitrogens with one attached hydrogen (secondary N) is 1. The van der Waals surface area contributed by atoms with Gasteiger partial charge in [-0.15, -0.1) is 0 Å². The van der Waals surface area contributed by atoms with E-state index in [1.54, 1.807) is 0 Å². The van der Waals surface area contributed by atoms with E-state index >= 15 is 0 Å². The third-order valence-corrected chi connectivity index (χ3v) is 3.81. The average Bonchev–Trinajstić information content (AvgIpc) is 2.68. The quantitative estimate of drug-likeness (QED) is 0.782. The van der Waals surface area contributed by atoms with Crippen LogP contribution in [0.4, 0.5) is 0 Å². The molecular formula is C16H31N3. The van der Waals surface area contributed by atoms with Crippen LogP contribution in [0.25, 0.3) is 0 Å². The maximum atomic E-state index is 4.53. The van der Waals surface area contributed by atoms with Crippen LogP contribution in [0.1, 0.15) is 46.0 Å². The van der Waals surface area contributed by atoms with Gasteiger partial charge in [0.15, 0.2) is 0 Å². The van der Waals surface area contributed by atoms with Gasteiger partial charge in [-0.1, -0.05) is 27.7 Å². The minimum atomic E-state index is 0.682. The lowest BCUT2D eigenvalue weighted by atomic mass is 9.91. The highest BCUT2D eigenvalue weighted by Gasteiger charge is 2.15. The summed E-state index contributed by atoms with van der Waals surface area (Å²) in [5.74, 6) is 2.10. The molecule has 0 amide bonds. The minimum absolute atomic E-state index is 0.682. The zero-order chi connectivity index (χ0) is 14.4. The van der Waals surface area contributed by atoms with Crippen molar-refractivity contribution < 1.29 is 0 Å². The summed E-state index contributed by atoms with van der Waals surface area (Å²) in [5, 5.41) is 8.09. The standard InChI is InChI=1S/C16H31N3/c1-7-19-16(9-15(6)18-19)8-13(4)14(5)11-17-10-12(2)3/h9,12-14,17H,7-8,10-11H2,1-6H3. The first-order chi connectivity index (χ1) is 8.93. The molecule has 0 aromatic carbocycles. The molecule has 0 bridgehead atoms. The van der Waals surface area contributed by atoms with Crippen LogP contribution in [0, 0.1) is 24.7 Å². The zero-order valence-corrected chi connectivity index (χ0v) is 13.5. The Morgan fingerprint density at radius 3 is 2.42 bits per heavy atom. The van der Waals surface area contributed by atoms with Gasteiger partial charge in [-0.25, -0.2) is 0 Å². The fourth-order valence-electron chi connectivity index (χ4n) is 2.37. The van der Waals surface area contributed by atoms with Crippen molar-refractivity contribution in [1.29, 1.82) is 0 Å². The van der Waals surface area contributed by atoms with Crippen molar-refractivity contribution in [1.82, 2.24) is 15.1 Å². The van der Waals surface area contributed by atoms with E-state index in [9.17, 15) is 0 Å². The van der Waals surface area contributed by atoms with E-state index in [1.165, 1.54) is 5.69 Å². The monoisotopic (exact) mass is 265 g/mol. The van der Waals surface area contributed by atoms with Gasteiger partial charge in [0, 0.05) is 12.2 Å². The highest BCUT2D eigenvalue weighted by atomic mass is 15.3. The average molecular weight is 265 g/mol. The Labute approximate surface area is 118 Å². The van der Waals surface area contributed by atoms with Gasteiger partial charge in [0.25, 0.3) is 0 Å². The van der Waals surface area contributed by atoms with E-state index in [1.807, 2.05) is 0 Å². The molecule has 1 aromatic heterocycles. The van der Waals surface area contributed by atoms with Crippen LogP contribution in [-0.2, 0) is 13.0 Å². The molecule has 110 valence electrons. The van der Waals surface area contributed by atoms with E-state index in [4.69, 9.17) is 0 Å². The van der Waals surface area contributed by atoms with E-state index in [0.717, 1.165) is 37.7 Å². The molecule has 0 saturated carbocycles. The van der Waals surface area contributed by atoms with Gasteiger partial charge in [0.2, 0.25) is 0 Å². The number of hydrogen-bond donors (Lipinski definition) is 1. The summed E-state index contributed by atoms with van der Waals surface area (Å²) in [6.07, 6.45) is 1.12. The van der Waals surface area contributed by atoms with E-state index in [-0.39, 0.29) is 0 Å². The van der Waals surface area contributed by atoms with Gasteiger partial charge in [-0.2, -0.15) is 5.10 Å². The summed E-state index contributed by atoms with van der Waals surface area (Å²) in [7, 11) is 0. The molecule has 3 heteroatoms. The van der Waals surface area contributed by atoms with Crippen molar-refractivity contribution >= 4 is 0 Å². The van der Waals surface area contributed by atoms with E-state index < -0.39 is 0 Å². The van der Waals surface area contributed by atoms with Gasteiger partial charge in [0.1, 0.15) is 0 Å². The topological polar surface area (TPSA) is 29.9 Å². The molecule has 1 aromatic rings. The molecule has 1 rings (SSSR count). The number of hydrogen-bond acceptors (Lipinski definition) is 2. The first kappa shape index (κ1) is 16.2. The maximum Gasteiger partial charge on any atom is 0.0596 e. The third-order valence-electron chi connectivity index (χ3n) is 3.81. The molecule has 1 heterocycles. The number of nitrogens with zero attached hydrogens (tertiary/aromatic N) is 2. The lowest BCUT2D eigenvalue weighted by molar-refractivity contribution is 0.350. The van der Waals surface area contributed by atoms with Gasteiger partial charge >= 0.3 is 0 Å². The summed E-state index contributed by atoms with van der Waals surface area (Å²) in [4.78, 5) is 0. The van der Waals surface area contributed by atoms with Crippen LogP contribution in [0.15, 0.2) is 6.07 Å². The molecule has 0 aliphatic heterocycles. The minimum Gasteiger partial charge on any atom is -0.316 e. The molecule has 1 N–H and O–H groups in total. The van der Waals surface area contributed by atoms with Crippen LogP contribution < -0.4 is 5.32 Å². The summed E-state index contributed by atoms with van der Waals surface area (Å²) < 4.78 is 2.14. The SMILES string of the molecule is CCn1nc(C)cc1CC(C)C(C)CNCC(C)C. The lowest BCUT2D eigenvalue weighted by Gasteiger charge is -2.21. The Morgan fingerprint density at radius 1 is 1.16 bits per heavy atom. The summed E-state index contributed by atoms with van der Waals surface area (Å²) in [6.45, 7) is 16.6. The third kappa shape index (κ3) is 5.35. The number of rotatable bonds is 8. The van der Waals surface area contributed by atoms with Gasteiger partial charge in [-0.3, -0.25) is 4.68 Å². The summed E-state index contributed by atoms with van der Waals surface area (Å²) in [6, 6.07) is 2.23. The molecular weight excluding hydrogens is 234 g/mol. The Balaban J connectivity index is 2.46. The molecule has 19 heavy (non-hydrogen) atoms. The maximum absolute atomic E-state index is 4.53. The molecule has 0 aliphatic carbocycles. The van der Waals surface area contributed by atoms with E-state index in [0.29, 0.717) is 11.8 Å². The van der Waals surface area contributed by atoms with Crippen LogP contribution in [0.5, 0.6) is 0 Å². The van der Waals surface area contributed by atoms with Crippen molar-refractivity contribution in [2.75, 3.05) is 13.1 Å². The normalized spacial score (nSPS) is 14.9. The molecule has 0 spiro atoms. The number of aryl methyl sites for hydroxylation is 2. The Hall–Kier alpha value is -0.830. The van der Waals surface area contributed by atoms with Crippen LogP contribution in [0.3, 0.4) is 0 Å². The Morgan fingerprint density at radius 2 is 1.84 bits per heavy atom. The van der Waals surface area contributed by atoms with Crippen LogP contribution >= 0.6 is 0 Å². The van der Waals surface area contributed by atoms with Crippen LogP contribution in [-0.4, -0.2) is 22.9 Å². The smallest absolute Gasteiger partial charge is 0.0596 e. The molecule has 0 fully saturated rings. The first-order valence-electron chi connectivity index (χ1n) is 7.68. The second kappa shape index (κ2) is 7.68. The Bertz CT molecular complexity index is 368. The van der Waals surface area contributed by atoms with Crippen molar-refractivity contribution in [2.45, 2.75) is 54.5 Å². The van der Waals surface area contributed by atoms with Crippen molar-refractivity contribution in [3.05, 3.63) is 17.5 Å². The van der Waals surface area contributed by atoms with Crippen molar-refractivity contribution in [3.8, 4) is 0 Å². The second-order valence-electron chi connectivity index (χ2n) is 6.30. The molecule has 2 atom stereocenters. The highest BCUT2D eigenvalue weighted by molar-refractivity contribution is 5.09. The molecule has 0 saturated heterocycles. The molecule has 0 radical (unpaired) electrons. The van der Waals surface area contributed by atoms with Gasteiger partial charge in [-0.05, 0) is 57.2 Å². The predicted octanol–water partition coefficient (Wildman–Crippen LogP) is 3.27. The van der Waals surface area contributed by atoms with Crippen molar-refractivity contribution in [3.63, 3.8) is 0 Å². The van der Waals surface area contributed by atoms with E-state index in [2.05, 4.69) is 62.7 Å². The van der Waals surface area contributed by atoms with Gasteiger partial charge in [0.05, 0.1) is 5.69 Å². The first-order valence-corrected chi connectivity index (χ1v) is 7.68. The number of aromatic nitrogens is 2.